The van der Waals surface area contributed by atoms with Gasteiger partial charge in [-0.3, -0.25) is 9.48 Å². The molecule has 6 heteroatoms. The predicted molar refractivity (Wildman–Crippen MR) is 102 cm³/mol. The molecule has 0 saturated carbocycles. The summed E-state index contributed by atoms with van der Waals surface area (Å²) in [6.45, 7) is 0.766. The minimum atomic E-state index is 0.0397. The predicted octanol–water partition coefficient (Wildman–Crippen LogP) is 2.99. The molecule has 4 rings (SSSR count). The van der Waals surface area contributed by atoms with Gasteiger partial charge in [-0.1, -0.05) is 18.2 Å². The molecule has 3 heterocycles. The Labute approximate surface area is 152 Å². The third kappa shape index (κ3) is 3.14. The summed E-state index contributed by atoms with van der Waals surface area (Å²) in [6.07, 6.45) is 5.32. The quantitative estimate of drug-likeness (QED) is 0.786. The molecular weight excluding hydrogens is 326 g/mol. The summed E-state index contributed by atoms with van der Waals surface area (Å²) < 4.78 is 1.79. The van der Waals surface area contributed by atoms with E-state index in [1.54, 1.807) is 4.68 Å². The van der Waals surface area contributed by atoms with E-state index in [4.69, 9.17) is 0 Å². The van der Waals surface area contributed by atoms with E-state index in [0.717, 1.165) is 35.2 Å². The Kier molecular flexibility index (Phi) is 4.32. The fraction of sp³-hybridized carbons (Fsp3) is 0.350. The zero-order chi connectivity index (χ0) is 18.1. The van der Waals surface area contributed by atoms with Gasteiger partial charge < -0.3 is 10.2 Å². The molecule has 0 aliphatic carbocycles. The summed E-state index contributed by atoms with van der Waals surface area (Å²) in [5.74, 6) is 1.38. The van der Waals surface area contributed by atoms with Crippen LogP contribution in [0.1, 0.15) is 24.4 Å². The average Bonchev–Trinajstić information content (AvgIpc) is 3.08. The van der Waals surface area contributed by atoms with Gasteiger partial charge in [0.25, 0.3) is 0 Å². The number of para-hydroxylation sites is 1. The number of carbonyl (C=O) groups excluding carboxylic acids is 1. The first-order chi connectivity index (χ1) is 12.6. The van der Waals surface area contributed by atoms with Crippen LogP contribution >= 0.6 is 0 Å². The molecule has 2 aromatic heterocycles. The number of carbonyl (C=O) groups is 1. The number of fused-ring (bicyclic) bond motifs is 1. The second kappa shape index (κ2) is 6.78. The Morgan fingerprint density at radius 3 is 2.85 bits per heavy atom. The highest BCUT2D eigenvalue weighted by atomic mass is 16.2. The number of nitrogens with zero attached hydrogens (tertiary/aromatic N) is 4. The van der Waals surface area contributed by atoms with Crippen molar-refractivity contribution in [1.29, 1.82) is 0 Å². The Balaban J connectivity index is 1.53. The van der Waals surface area contributed by atoms with Crippen LogP contribution in [-0.2, 0) is 11.8 Å². The first-order valence-corrected chi connectivity index (χ1v) is 8.95. The van der Waals surface area contributed by atoms with E-state index < -0.39 is 0 Å². The highest BCUT2D eigenvalue weighted by Crippen LogP contribution is 2.35. The molecule has 0 radical (unpaired) electrons. The number of piperidine rings is 1. The number of nitrogens with one attached hydrogen (secondary N) is 1. The molecule has 1 aliphatic rings. The molecule has 26 heavy (non-hydrogen) atoms. The minimum absolute atomic E-state index is 0.0397. The molecule has 1 aromatic carbocycles. The average molecular weight is 349 g/mol. The van der Waals surface area contributed by atoms with Gasteiger partial charge in [0, 0.05) is 50.1 Å². The summed E-state index contributed by atoms with van der Waals surface area (Å²) in [4.78, 5) is 18.8. The molecule has 6 nitrogen and oxygen atoms in total. The summed E-state index contributed by atoms with van der Waals surface area (Å²) in [7, 11) is 3.79. The van der Waals surface area contributed by atoms with Gasteiger partial charge >= 0.3 is 0 Å². The maximum absolute atomic E-state index is 12.2. The summed E-state index contributed by atoms with van der Waals surface area (Å²) in [6, 6.07) is 12.2. The van der Waals surface area contributed by atoms with Crippen LogP contribution in [-0.4, -0.2) is 39.2 Å². The van der Waals surface area contributed by atoms with E-state index in [1.807, 2.05) is 55.7 Å². The molecular formula is C20H23N5O. The number of rotatable bonds is 4. The van der Waals surface area contributed by atoms with Gasteiger partial charge in [-0.15, -0.1) is 0 Å². The Morgan fingerprint density at radius 2 is 2.04 bits per heavy atom. The third-order valence-corrected chi connectivity index (χ3v) is 5.20. The summed E-state index contributed by atoms with van der Waals surface area (Å²) >= 11 is 0. The Hall–Kier alpha value is -2.89. The van der Waals surface area contributed by atoms with Gasteiger partial charge in [-0.25, -0.2) is 4.98 Å². The zero-order valence-corrected chi connectivity index (χ0v) is 15.1. The van der Waals surface area contributed by atoms with Crippen molar-refractivity contribution in [1.82, 2.24) is 19.7 Å². The summed E-state index contributed by atoms with van der Waals surface area (Å²) in [5.41, 5.74) is 2.07. The van der Waals surface area contributed by atoms with Gasteiger partial charge in [-0.05, 0) is 24.6 Å². The van der Waals surface area contributed by atoms with Crippen molar-refractivity contribution in [2.24, 2.45) is 13.0 Å². The monoisotopic (exact) mass is 349 g/mol. The maximum atomic E-state index is 12.2. The lowest BCUT2D eigenvalue weighted by atomic mass is 9.85. The van der Waals surface area contributed by atoms with Crippen LogP contribution in [0.4, 0.5) is 5.82 Å². The fourth-order valence-electron chi connectivity index (χ4n) is 3.82. The van der Waals surface area contributed by atoms with Gasteiger partial charge in [0.05, 0.1) is 17.8 Å². The second-order valence-electron chi connectivity index (χ2n) is 6.97. The first-order valence-electron chi connectivity index (χ1n) is 8.95. The number of pyridine rings is 1. The normalized spacial score (nSPS) is 20.5. The molecule has 1 aliphatic heterocycles. The highest BCUT2D eigenvalue weighted by Gasteiger charge is 2.35. The number of aromatic nitrogens is 3. The Bertz CT molecular complexity index is 935. The smallest absolute Gasteiger partial charge is 0.222 e. The number of likely N-dealkylation sites (tertiary alicyclic amines) is 1. The van der Waals surface area contributed by atoms with Crippen molar-refractivity contribution < 1.29 is 4.79 Å². The van der Waals surface area contributed by atoms with Crippen LogP contribution < -0.4 is 5.32 Å². The molecule has 1 amide bonds. The van der Waals surface area contributed by atoms with Crippen molar-refractivity contribution in [3.05, 3.63) is 54.4 Å². The van der Waals surface area contributed by atoms with E-state index in [-0.39, 0.29) is 11.9 Å². The van der Waals surface area contributed by atoms with Crippen molar-refractivity contribution in [2.45, 2.75) is 18.9 Å². The number of aryl methyl sites for hydroxylation is 1. The van der Waals surface area contributed by atoms with Gasteiger partial charge in [0.2, 0.25) is 5.91 Å². The van der Waals surface area contributed by atoms with Crippen molar-refractivity contribution in [3.8, 4) is 0 Å². The summed E-state index contributed by atoms with van der Waals surface area (Å²) in [5, 5.41) is 8.89. The lowest BCUT2D eigenvalue weighted by Gasteiger charge is -2.38. The van der Waals surface area contributed by atoms with Gasteiger partial charge in [0.15, 0.2) is 0 Å². The van der Waals surface area contributed by atoms with E-state index in [0.29, 0.717) is 12.3 Å². The van der Waals surface area contributed by atoms with Crippen LogP contribution in [0.2, 0.25) is 0 Å². The van der Waals surface area contributed by atoms with E-state index in [2.05, 4.69) is 27.5 Å². The van der Waals surface area contributed by atoms with Crippen molar-refractivity contribution in [3.63, 3.8) is 0 Å². The van der Waals surface area contributed by atoms with Crippen molar-refractivity contribution in [2.75, 3.05) is 18.9 Å². The van der Waals surface area contributed by atoms with Crippen molar-refractivity contribution >= 4 is 22.6 Å². The lowest BCUT2D eigenvalue weighted by Crippen LogP contribution is -2.42. The van der Waals surface area contributed by atoms with Gasteiger partial charge in [0.1, 0.15) is 5.82 Å². The zero-order valence-electron chi connectivity index (χ0n) is 15.1. The topological polar surface area (TPSA) is 63.1 Å². The number of hydrogen-bond acceptors (Lipinski definition) is 4. The minimum Gasteiger partial charge on any atom is -0.370 e. The second-order valence-corrected chi connectivity index (χ2v) is 6.97. The molecule has 0 spiro atoms. The number of hydrogen-bond donors (Lipinski definition) is 1. The molecule has 1 fully saturated rings. The third-order valence-electron chi connectivity index (χ3n) is 5.20. The largest absolute Gasteiger partial charge is 0.370 e. The molecule has 2 atom stereocenters. The first kappa shape index (κ1) is 16.6. The van der Waals surface area contributed by atoms with E-state index in [1.165, 1.54) is 0 Å². The standard InChI is InChI=1S/C20H23N5O/c1-24-13-16(12-22-24)20-15(8-10-19(26)25(20)2)11-21-18-9-7-14-5-3-4-6-17(14)23-18/h3-7,9,12-13,15,20H,8,10-11H2,1-2H3,(H,21,23)/t15-,20+/m1/s1. The van der Waals surface area contributed by atoms with E-state index in [9.17, 15) is 4.79 Å². The fourth-order valence-corrected chi connectivity index (χ4v) is 3.82. The SMILES string of the molecule is CN1C(=O)CC[C@H](CNc2ccc3ccccc3n2)[C@H]1c1cnn(C)c1. The van der Waals surface area contributed by atoms with Crippen LogP contribution in [0.15, 0.2) is 48.8 Å². The van der Waals surface area contributed by atoms with Crippen LogP contribution in [0, 0.1) is 5.92 Å². The molecule has 134 valence electrons. The Morgan fingerprint density at radius 1 is 1.19 bits per heavy atom. The molecule has 0 unspecified atom stereocenters. The molecule has 1 saturated heterocycles. The van der Waals surface area contributed by atoms with E-state index >= 15 is 0 Å². The number of amides is 1. The molecule has 0 bridgehead atoms. The van der Waals surface area contributed by atoms with Gasteiger partial charge in [-0.2, -0.15) is 5.10 Å². The van der Waals surface area contributed by atoms with Crippen LogP contribution in [0.5, 0.6) is 0 Å². The highest BCUT2D eigenvalue weighted by molar-refractivity contribution is 5.80. The molecule has 1 N–H and O–H groups in total. The number of anilines is 1. The molecule has 3 aromatic rings. The maximum Gasteiger partial charge on any atom is 0.222 e. The van der Waals surface area contributed by atoms with Crippen LogP contribution in [0.25, 0.3) is 10.9 Å². The lowest BCUT2D eigenvalue weighted by molar-refractivity contribution is -0.136. The van der Waals surface area contributed by atoms with Crippen LogP contribution in [0.3, 0.4) is 0 Å². The number of benzene rings is 1.